The van der Waals surface area contributed by atoms with Crippen LogP contribution in [0.4, 0.5) is 5.13 Å². The van der Waals surface area contributed by atoms with Crippen molar-refractivity contribution in [1.82, 2.24) is 19.7 Å². The Kier molecular flexibility index (Phi) is 5.77. The number of amides is 1. The molecule has 10 heteroatoms. The Morgan fingerprint density at radius 1 is 1.07 bits per heavy atom. The van der Waals surface area contributed by atoms with Gasteiger partial charge in [-0.25, -0.2) is 4.98 Å². The van der Waals surface area contributed by atoms with E-state index in [-0.39, 0.29) is 12.5 Å². The van der Waals surface area contributed by atoms with Crippen molar-refractivity contribution in [2.45, 2.75) is 6.54 Å². The average molecular weight is 462 g/mol. The normalized spacial score (nSPS) is 10.8. The standard InChI is InChI=1S/C19H13Cl2N5OS2/c20-13-5-1-11(2-6-13)15-10-29-18(22-15)23-16(27)9-26-17(24-25-19(26)28)12-3-7-14(21)8-4-12/h1-8,10H,9H2,(H,25,28)(H,22,23,27). The molecule has 0 aliphatic rings. The molecule has 0 spiro atoms. The maximum Gasteiger partial charge on any atom is 0.246 e. The summed E-state index contributed by atoms with van der Waals surface area (Å²) in [6, 6.07) is 14.5. The molecular weight excluding hydrogens is 449 g/mol. The molecule has 0 saturated carbocycles. The number of hydrogen-bond donors (Lipinski definition) is 2. The molecule has 0 fully saturated rings. The zero-order valence-corrected chi connectivity index (χ0v) is 17.9. The van der Waals surface area contributed by atoms with Gasteiger partial charge in [0, 0.05) is 26.6 Å². The number of H-pyrrole nitrogens is 1. The Hall–Kier alpha value is -2.52. The van der Waals surface area contributed by atoms with E-state index in [2.05, 4.69) is 20.5 Å². The first kappa shape index (κ1) is 19.8. The maximum atomic E-state index is 12.6. The lowest BCUT2D eigenvalue weighted by Gasteiger charge is -2.07. The fourth-order valence-corrected chi connectivity index (χ4v) is 3.85. The van der Waals surface area contributed by atoms with Crippen LogP contribution in [-0.4, -0.2) is 25.7 Å². The lowest BCUT2D eigenvalue weighted by Crippen LogP contribution is -2.19. The minimum atomic E-state index is -0.255. The number of carbonyl (C=O) groups is 1. The van der Waals surface area contributed by atoms with E-state index in [9.17, 15) is 4.79 Å². The van der Waals surface area contributed by atoms with Gasteiger partial charge in [0.25, 0.3) is 0 Å². The van der Waals surface area contributed by atoms with Crippen molar-refractivity contribution in [2.24, 2.45) is 0 Å². The summed E-state index contributed by atoms with van der Waals surface area (Å²) in [4.78, 5) is 17.0. The highest BCUT2D eigenvalue weighted by molar-refractivity contribution is 7.71. The summed E-state index contributed by atoms with van der Waals surface area (Å²) in [7, 11) is 0. The van der Waals surface area contributed by atoms with Gasteiger partial charge in [-0.05, 0) is 48.6 Å². The minimum Gasteiger partial charge on any atom is -0.300 e. The predicted molar refractivity (Wildman–Crippen MR) is 119 cm³/mol. The second-order valence-corrected chi connectivity index (χ2v) is 8.16. The number of aromatic amines is 1. The van der Waals surface area contributed by atoms with Crippen molar-refractivity contribution in [1.29, 1.82) is 0 Å². The number of hydrogen-bond acceptors (Lipinski definition) is 5. The zero-order valence-electron chi connectivity index (χ0n) is 14.7. The molecule has 0 bridgehead atoms. The Labute approximate surface area is 185 Å². The zero-order chi connectivity index (χ0) is 20.4. The van der Waals surface area contributed by atoms with E-state index >= 15 is 0 Å². The smallest absolute Gasteiger partial charge is 0.246 e. The van der Waals surface area contributed by atoms with Crippen molar-refractivity contribution < 1.29 is 4.79 Å². The van der Waals surface area contributed by atoms with Gasteiger partial charge in [-0.3, -0.25) is 14.5 Å². The van der Waals surface area contributed by atoms with Crippen LogP contribution in [-0.2, 0) is 11.3 Å². The average Bonchev–Trinajstić information content (AvgIpc) is 3.31. The van der Waals surface area contributed by atoms with Crippen LogP contribution in [0.5, 0.6) is 0 Å². The molecule has 2 heterocycles. The third-order valence-electron chi connectivity index (χ3n) is 4.05. The number of carbonyl (C=O) groups excluding carboxylic acids is 1. The van der Waals surface area contributed by atoms with E-state index in [4.69, 9.17) is 35.4 Å². The Morgan fingerprint density at radius 3 is 2.34 bits per heavy atom. The number of benzene rings is 2. The fourth-order valence-electron chi connectivity index (χ4n) is 2.67. The van der Waals surface area contributed by atoms with Crippen molar-refractivity contribution >= 4 is 57.8 Å². The molecule has 2 aromatic heterocycles. The second-order valence-electron chi connectivity index (χ2n) is 6.04. The topological polar surface area (TPSA) is 75.6 Å². The molecule has 0 unspecified atom stereocenters. The summed E-state index contributed by atoms with van der Waals surface area (Å²) < 4.78 is 1.98. The van der Waals surface area contributed by atoms with Gasteiger partial charge in [-0.2, -0.15) is 5.10 Å². The number of nitrogens with zero attached hydrogens (tertiary/aromatic N) is 3. The van der Waals surface area contributed by atoms with Gasteiger partial charge in [0.15, 0.2) is 15.7 Å². The monoisotopic (exact) mass is 461 g/mol. The summed E-state index contributed by atoms with van der Waals surface area (Å²) in [6.45, 7) is 0.00313. The van der Waals surface area contributed by atoms with Crippen molar-refractivity contribution in [3.8, 4) is 22.6 Å². The van der Waals surface area contributed by atoms with Crippen LogP contribution in [0, 0.1) is 4.77 Å². The predicted octanol–water partition coefficient (Wildman–Crippen LogP) is 5.68. The molecule has 0 atom stereocenters. The summed E-state index contributed by atoms with van der Waals surface area (Å²) in [5.41, 5.74) is 2.49. The molecule has 0 saturated heterocycles. The van der Waals surface area contributed by atoms with Gasteiger partial charge >= 0.3 is 0 Å². The summed E-state index contributed by atoms with van der Waals surface area (Å²) in [5, 5.41) is 13.4. The molecule has 2 N–H and O–H groups in total. The summed E-state index contributed by atoms with van der Waals surface area (Å²) >= 11 is 18.5. The van der Waals surface area contributed by atoms with Gasteiger partial charge in [-0.1, -0.05) is 35.3 Å². The molecule has 0 aliphatic carbocycles. The van der Waals surface area contributed by atoms with Crippen LogP contribution >= 0.6 is 46.8 Å². The maximum absolute atomic E-state index is 12.6. The van der Waals surface area contributed by atoms with Gasteiger partial charge < -0.3 is 5.32 Å². The first-order chi connectivity index (χ1) is 14.0. The first-order valence-corrected chi connectivity index (χ1v) is 10.5. The Balaban J connectivity index is 1.50. The van der Waals surface area contributed by atoms with Crippen molar-refractivity contribution in [3.63, 3.8) is 0 Å². The van der Waals surface area contributed by atoms with E-state index in [1.54, 1.807) is 28.8 Å². The Bertz CT molecular complexity index is 1210. The molecule has 1 amide bonds. The third-order valence-corrected chi connectivity index (χ3v) is 5.63. The van der Waals surface area contributed by atoms with E-state index in [0.717, 1.165) is 16.8 Å². The largest absolute Gasteiger partial charge is 0.300 e. The second kappa shape index (κ2) is 8.46. The number of halogens is 2. The number of aromatic nitrogens is 4. The van der Waals surface area contributed by atoms with E-state index < -0.39 is 0 Å². The van der Waals surface area contributed by atoms with Crippen LogP contribution in [0.25, 0.3) is 22.6 Å². The van der Waals surface area contributed by atoms with E-state index in [1.165, 1.54) is 11.3 Å². The summed E-state index contributed by atoms with van der Waals surface area (Å²) in [5.74, 6) is 0.303. The van der Waals surface area contributed by atoms with Crippen molar-refractivity contribution in [2.75, 3.05) is 5.32 Å². The number of thiazole rings is 1. The first-order valence-electron chi connectivity index (χ1n) is 8.42. The van der Waals surface area contributed by atoms with E-state index in [0.29, 0.717) is 25.8 Å². The minimum absolute atomic E-state index is 0.00313. The Morgan fingerprint density at radius 2 is 1.69 bits per heavy atom. The molecule has 0 aliphatic heterocycles. The fraction of sp³-hybridized carbons (Fsp3) is 0.0526. The van der Waals surface area contributed by atoms with Crippen LogP contribution < -0.4 is 5.32 Å². The van der Waals surface area contributed by atoms with Crippen molar-refractivity contribution in [3.05, 3.63) is 68.7 Å². The quantitative estimate of drug-likeness (QED) is 0.375. The van der Waals surface area contributed by atoms with Gasteiger partial charge in [0.2, 0.25) is 5.91 Å². The molecule has 146 valence electrons. The number of rotatable bonds is 5. The van der Waals surface area contributed by atoms with Gasteiger partial charge in [0.1, 0.15) is 6.54 Å². The number of nitrogens with one attached hydrogen (secondary N) is 2. The summed E-state index contributed by atoms with van der Waals surface area (Å²) in [6.07, 6.45) is 0. The molecule has 29 heavy (non-hydrogen) atoms. The molecule has 4 rings (SSSR count). The number of anilines is 1. The van der Waals surface area contributed by atoms with Crippen LogP contribution in [0.1, 0.15) is 0 Å². The SMILES string of the molecule is O=C(Cn1c(-c2ccc(Cl)cc2)n[nH]c1=S)Nc1nc(-c2ccc(Cl)cc2)cs1. The highest BCUT2D eigenvalue weighted by atomic mass is 35.5. The third kappa shape index (κ3) is 4.56. The molecular formula is C19H13Cl2N5OS2. The molecule has 0 radical (unpaired) electrons. The van der Waals surface area contributed by atoms with Gasteiger partial charge in [-0.15, -0.1) is 11.3 Å². The molecule has 6 nitrogen and oxygen atoms in total. The molecule has 2 aromatic carbocycles. The van der Waals surface area contributed by atoms with Crippen LogP contribution in [0.2, 0.25) is 10.0 Å². The van der Waals surface area contributed by atoms with Crippen LogP contribution in [0.3, 0.4) is 0 Å². The molecule has 4 aromatic rings. The van der Waals surface area contributed by atoms with E-state index in [1.807, 2.05) is 29.6 Å². The lowest BCUT2D eigenvalue weighted by molar-refractivity contribution is -0.116. The highest BCUT2D eigenvalue weighted by Gasteiger charge is 2.14. The van der Waals surface area contributed by atoms with Gasteiger partial charge in [0.05, 0.1) is 5.69 Å². The van der Waals surface area contributed by atoms with Crippen LogP contribution in [0.15, 0.2) is 53.9 Å². The lowest BCUT2D eigenvalue weighted by atomic mass is 10.2. The highest BCUT2D eigenvalue weighted by Crippen LogP contribution is 2.26.